The summed E-state index contributed by atoms with van der Waals surface area (Å²) in [5.74, 6) is -0.867. The molecule has 1 unspecified atom stereocenters. The van der Waals surface area contributed by atoms with Crippen LogP contribution in [0.1, 0.15) is 30.4 Å². The third-order valence-electron chi connectivity index (χ3n) is 6.15. The Morgan fingerprint density at radius 1 is 1.12 bits per heavy atom. The first-order chi connectivity index (χ1) is 16.3. The molecule has 1 saturated heterocycles. The lowest BCUT2D eigenvalue weighted by Crippen LogP contribution is -2.53. The molecule has 2 aromatic rings. The van der Waals surface area contributed by atoms with Gasteiger partial charge in [0, 0.05) is 31.5 Å². The van der Waals surface area contributed by atoms with E-state index in [0.717, 1.165) is 35.8 Å². The smallest absolute Gasteiger partial charge is 0.264 e. The maximum atomic E-state index is 13.2. The van der Waals surface area contributed by atoms with Crippen LogP contribution in [0.5, 0.6) is 0 Å². The highest BCUT2D eigenvalue weighted by atomic mass is 32.2. The van der Waals surface area contributed by atoms with Crippen molar-refractivity contribution in [2.24, 2.45) is 0 Å². The summed E-state index contributed by atoms with van der Waals surface area (Å²) >= 11 is 0. The van der Waals surface area contributed by atoms with Gasteiger partial charge in [0.15, 0.2) is 0 Å². The third kappa shape index (κ3) is 5.66. The zero-order valence-corrected chi connectivity index (χ0v) is 20.0. The second kappa shape index (κ2) is 10.4. The molecule has 2 aliphatic rings. The molecule has 2 atom stereocenters. The highest BCUT2D eigenvalue weighted by molar-refractivity contribution is 7.89. The topological polar surface area (TPSA) is 98.8 Å². The van der Waals surface area contributed by atoms with Gasteiger partial charge in [0.25, 0.3) is 10.0 Å². The number of sulfonamides is 1. The minimum Gasteiger partial charge on any atom is -0.352 e. The zero-order valence-electron chi connectivity index (χ0n) is 19.2. The molecule has 0 saturated carbocycles. The van der Waals surface area contributed by atoms with Gasteiger partial charge in [-0.15, -0.1) is 0 Å². The number of carbonyl (C=O) groups is 2. The van der Waals surface area contributed by atoms with Gasteiger partial charge in [-0.1, -0.05) is 48.0 Å². The van der Waals surface area contributed by atoms with Crippen molar-refractivity contribution in [3.05, 3.63) is 78.1 Å². The van der Waals surface area contributed by atoms with Crippen LogP contribution in [0.15, 0.2) is 71.9 Å². The molecule has 1 fully saturated rings. The maximum Gasteiger partial charge on any atom is 0.264 e. The van der Waals surface area contributed by atoms with Gasteiger partial charge in [-0.3, -0.25) is 18.8 Å². The highest BCUT2D eigenvalue weighted by Crippen LogP contribution is 2.23. The number of likely N-dealkylation sites (tertiary alicyclic amines) is 1. The van der Waals surface area contributed by atoms with E-state index >= 15 is 0 Å². The predicted molar refractivity (Wildman–Crippen MR) is 129 cm³/mol. The average molecular weight is 483 g/mol. The number of rotatable bonds is 7. The molecule has 2 N–H and O–H groups in total. The van der Waals surface area contributed by atoms with Crippen LogP contribution >= 0.6 is 0 Å². The molecular formula is C25H30N4O4S. The molecule has 0 aliphatic carbocycles. The number of piperidine rings is 1. The number of amides is 2. The summed E-state index contributed by atoms with van der Waals surface area (Å²) in [7, 11) is -3.99. The van der Waals surface area contributed by atoms with Crippen LogP contribution < -0.4 is 10.6 Å². The summed E-state index contributed by atoms with van der Waals surface area (Å²) in [5.41, 5.74) is 2.15. The molecule has 0 radical (unpaired) electrons. The summed E-state index contributed by atoms with van der Waals surface area (Å²) < 4.78 is 27.4. The molecule has 4 rings (SSSR count). The number of hydrogen-bond acceptors (Lipinski definition) is 5. The Kier molecular flexibility index (Phi) is 7.33. The van der Waals surface area contributed by atoms with Crippen molar-refractivity contribution in [2.45, 2.75) is 49.7 Å². The van der Waals surface area contributed by atoms with Crippen LogP contribution in [0.4, 0.5) is 0 Å². The number of nitrogens with zero attached hydrogens (tertiary/aromatic N) is 2. The quantitative estimate of drug-likeness (QED) is 0.630. The van der Waals surface area contributed by atoms with E-state index in [0.29, 0.717) is 6.54 Å². The molecule has 2 aliphatic heterocycles. The van der Waals surface area contributed by atoms with Crippen LogP contribution in [0.3, 0.4) is 0 Å². The van der Waals surface area contributed by atoms with Crippen LogP contribution in [0, 0.1) is 6.92 Å². The summed E-state index contributed by atoms with van der Waals surface area (Å²) in [6, 6.07) is 15.4. The van der Waals surface area contributed by atoms with E-state index in [9.17, 15) is 18.0 Å². The van der Waals surface area contributed by atoms with Crippen molar-refractivity contribution in [3.8, 4) is 0 Å². The SMILES string of the molecule is Cc1ccc(S(=O)(=O)N2C=CNC(=O)[C@H]2CC(=O)NC2CCCN(Cc3ccccc3)C2)cc1. The molecule has 8 nitrogen and oxygen atoms in total. The minimum atomic E-state index is -3.99. The van der Waals surface area contributed by atoms with Crippen molar-refractivity contribution < 1.29 is 18.0 Å². The molecular weight excluding hydrogens is 452 g/mol. The lowest BCUT2D eigenvalue weighted by Gasteiger charge is -2.34. The molecule has 0 aromatic heterocycles. The Labute approximate surface area is 200 Å². The molecule has 2 amide bonds. The average Bonchev–Trinajstić information content (AvgIpc) is 2.81. The first-order valence-electron chi connectivity index (χ1n) is 11.5. The monoisotopic (exact) mass is 482 g/mol. The Bertz CT molecular complexity index is 1150. The number of hydrogen-bond donors (Lipinski definition) is 2. The molecule has 180 valence electrons. The number of aryl methyl sites for hydroxylation is 1. The van der Waals surface area contributed by atoms with Crippen molar-refractivity contribution in [3.63, 3.8) is 0 Å². The van der Waals surface area contributed by atoms with Gasteiger partial charge in [0.1, 0.15) is 6.04 Å². The Morgan fingerprint density at radius 2 is 1.85 bits per heavy atom. The first-order valence-corrected chi connectivity index (χ1v) is 12.9. The van der Waals surface area contributed by atoms with Gasteiger partial charge >= 0.3 is 0 Å². The number of nitrogens with one attached hydrogen (secondary N) is 2. The summed E-state index contributed by atoms with van der Waals surface area (Å²) in [4.78, 5) is 27.8. The van der Waals surface area contributed by atoms with Crippen LogP contribution in [-0.4, -0.2) is 54.6 Å². The van der Waals surface area contributed by atoms with Crippen molar-refractivity contribution in [1.82, 2.24) is 19.8 Å². The fourth-order valence-corrected chi connectivity index (χ4v) is 5.84. The van der Waals surface area contributed by atoms with Crippen LogP contribution in [0.2, 0.25) is 0 Å². The lowest BCUT2D eigenvalue weighted by molar-refractivity contribution is -0.130. The molecule has 9 heteroatoms. The summed E-state index contributed by atoms with van der Waals surface area (Å²) in [5, 5.41) is 5.54. The summed E-state index contributed by atoms with van der Waals surface area (Å²) in [6.07, 6.45) is 4.13. The highest BCUT2D eigenvalue weighted by Gasteiger charge is 2.37. The van der Waals surface area contributed by atoms with Gasteiger partial charge in [-0.2, -0.15) is 0 Å². The Morgan fingerprint density at radius 3 is 2.59 bits per heavy atom. The van der Waals surface area contributed by atoms with Gasteiger partial charge in [-0.05, 0) is 44.0 Å². The molecule has 2 aromatic carbocycles. The number of carbonyl (C=O) groups excluding carboxylic acids is 2. The fraction of sp³-hybridized carbons (Fsp3) is 0.360. The van der Waals surface area contributed by atoms with Crippen molar-refractivity contribution in [2.75, 3.05) is 13.1 Å². The van der Waals surface area contributed by atoms with E-state index in [1.807, 2.05) is 25.1 Å². The Hall–Kier alpha value is -3.17. The largest absolute Gasteiger partial charge is 0.352 e. The minimum absolute atomic E-state index is 0.0469. The van der Waals surface area contributed by atoms with E-state index in [-0.39, 0.29) is 23.3 Å². The standard InChI is InChI=1S/C25H30N4O4S/c1-19-9-11-22(12-10-19)34(32,33)29-15-13-26-25(31)23(29)16-24(30)27-21-8-5-14-28(18-21)17-20-6-3-2-4-7-20/h2-4,6-7,9-13,15,21,23H,5,8,14,16-18H2,1H3,(H,26,31)(H,27,30)/t21?,23-/m1/s1. The molecule has 34 heavy (non-hydrogen) atoms. The van der Waals surface area contributed by atoms with E-state index < -0.39 is 22.0 Å². The van der Waals surface area contributed by atoms with E-state index in [1.165, 1.54) is 30.1 Å². The van der Waals surface area contributed by atoms with E-state index in [4.69, 9.17) is 0 Å². The zero-order chi connectivity index (χ0) is 24.1. The normalized spacial score (nSPS) is 21.2. The van der Waals surface area contributed by atoms with Gasteiger partial charge in [0.2, 0.25) is 11.8 Å². The van der Waals surface area contributed by atoms with Gasteiger partial charge in [-0.25, -0.2) is 8.42 Å². The maximum absolute atomic E-state index is 13.2. The molecule has 2 heterocycles. The van der Waals surface area contributed by atoms with Crippen LogP contribution in [-0.2, 0) is 26.2 Å². The van der Waals surface area contributed by atoms with Gasteiger partial charge < -0.3 is 10.6 Å². The fourth-order valence-electron chi connectivity index (χ4n) is 4.39. The number of benzene rings is 2. The van der Waals surface area contributed by atoms with Crippen molar-refractivity contribution >= 4 is 21.8 Å². The molecule has 0 spiro atoms. The lowest BCUT2D eigenvalue weighted by atomic mass is 10.0. The van der Waals surface area contributed by atoms with E-state index in [2.05, 4.69) is 27.7 Å². The van der Waals surface area contributed by atoms with Crippen molar-refractivity contribution in [1.29, 1.82) is 0 Å². The second-order valence-corrected chi connectivity index (χ2v) is 10.7. The first kappa shape index (κ1) is 24.0. The van der Waals surface area contributed by atoms with Crippen LogP contribution in [0.25, 0.3) is 0 Å². The third-order valence-corrected chi connectivity index (χ3v) is 7.95. The molecule has 0 bridgehead atoms. The summed E-state index contributed by atoms with van der Waals surface area (Å²) in [6.45, 7) is 4.35. The predicted octanol–water partition coefficient (Wildman–Crippen LogP) is 2.13. The van der Waals surface area contributed by atoms with E-state index in [1.54, 1.807) is 12.1 Å². The van der Waals surface area contributed by atoms with Gasteiger partial charge in [0.05, 0.1) is 11.3 Å². The Balaban J connectivity index is 1.41. The second-order valence-electron chi connectivity index (χ2n) is 8.82.